The Morgan fingerprint density at radius 1 is 0.972 bits per heavy atom. The molecule has 0 N–H and O–H groups in total. The van der Waals surface area contributed by atoms with E-state index in [0.29, 0.717) is 29.1 Å². The number of rotatable bonds is 4. The Balaban J connectivity index is 1.74. The predicted molar refractivity (Wildman–Crippen MR) is 130 cm³/mol. The van der Waals surface area contributed by atoms with E-state index >= 15 is 0 Å². The Morgan fingerprint density at radius 3 is 2.33 bits per heavy atom. The van der Waals surface area contributed by atoms with Gasteiger partial charge in [0.15, 0.2) is 0 Å². The fourth-order valence-corrected chi connectivity index (χ4v) is 4.35. The maximum absolute atomic E-state index is 14.0. The average Bonchev–Trinajstić information content (AvgIpc) is 3.35. The Hall–Kier alpha value is -4.14. The molecule has 0 saturated carbocycles. The largest absolute Gasteiger partial charge is 0.441 e. The number of oxazole rings is 1. The maximum atomic E-state index is 14.0. The summed E-state index contributed by atoms with van der Waals surface area (Å²) in [5.41, 5.74) is 2.16. The second kappa shape index (κ2) is 8.51. The molecule has 9 heteroatoms. The van der Waals surface area contributed by atoms with E-state index in [1.54, 1.807) is 19.1 Å². The van der Waals surface area contributed by atoms with E-state index in [1.807, 2.05) is 50.2 Å². The smallest absolute Gasteiger partial charge is 0.417 e. The van der Waals surface area contributed by atoms with Gasteiger partial charge in [0.2, 0.25) is 5.89 Å². The van der Waals surface area contributed by atoms with Gasteiger partial charge in [0.25, 0.3) is 5.56 Å². The van der Waals surface area contributed by atoms with Gasteiger partial charge in [-0.25, -0.2) is 9.67 Å². The third-order valence-corrected chi connectivity index (χ3v) is 6.25. The van der Waals surface area contributed by atoms with Crippen LogP contribution in [-0.4, -0.2) is 19.3 Å². The van der Waals surface area contributed by atoms with E-state index in [1.165, 1.54) is 16.2 Å². The molecule has 0 spiro atoms. The van der Waals surface area contributed by atoms with Crippen LogP contribution in [-0.2, 0) is 12.7 Å². The third-order valence-electron chi connectivity index (χ3n) is 6.25. The van der Waals surface area contributed by atoms with Gasteiger partial charge in [0.05, 0.1) is 28.9 Å². The first kappa shape index (κ1) is 23.6. The predicted octanol–water partition coefficient (Wildman–Crippen LogP) is 6.14. The summed E-state index contributed by atoms with van der Waals surface area (Å²) in [4.78, 5) is 17.8. The number of nitrogens with zero attached hydrogens (tertiary/aromatic N) is 4. The molecule has 184 valence electrons. The summed E-state index contributed by atoms with van der Waals surface area (Å²) in [5, 5.41) is 4.28. The first-order chi connectivity index (χ1) is 17.0. The number of hydrogen-bond donors (Lipinski definition) is 0. The minimum atomic E-state index is -4.72. The highest BCUT2D eigenvalue weighted by molar-refractivity contribution is 5.84. The Labute approximate surface area is 204 Å². The lowest BCUT2D eigenvalue weighted by atomic mass is 10.1. The molecule has 0 amide bonds. The highest BCUT2D eigenvalue weighted by atomic mass is 19.4. The fraction of sp³-hybridized carbons (Fsp3) is 0.222. The van der Waals surface area contributed by atoms with E-state index in [2.05, 4.69) is 10.1 Å². The number of halogens is 3. The summed E-state index contributed by atoms with van der Waals surface area (Å²) in [7, 11) is 0. The average molecular weight is 493 g/mol. The van der Waals surface area contributed by atoms with Crippen molar-refractivity contribution in [1.29, 1.82) is 0 Å². The summed E-state index contributed by atoms with van der Waals surface area (Å²) in [6.07, 6.45) is -4.72. The molecule has 0 aliphatic heterocycles. The molecule has 3 aromatic heterocycles. The normalized spacial score (nSPS) is 12.0. The fourth-order valence-electron chi connectivity index (χ4n) is 4.35. The van der Waals surface area contributed by atoms with E-state index in [9.17, 15) is 18.0 Å². The lowest BCUT2D eigenvalue weighted by Gasteiger charge is -2.14. The van der Waals surface area contributed by atoms with Crippen LogP contribution < -0.4 is 5.56 Å². The van der Waals surface area contributed by atoms with Crippen molar-refractivity contribution in [3.05, 3.63) is 98.8 Å². The van der Waals surface area contributed by atoms with E-state index < -0.39 is 17.3 Å². The number of benzene rings is 2. The van der Waals surface area contributed by atoms with Crippen molar-refractivity contribution in [3.63, 3.8) is 0 Å². The SMILES string of the molecule is Cc1ccc(-n2nc(C)c3c(C(F)(F)F)cc(=O)n(Cc4nc(-c5ccccc5C)oc4C)c32)cc1. The van der Waals surface area contributed by atoms with E-state index in [4.69, 9.17) is 4.42 Å². The number of alkyl halides is 3. The molecule has 3 heterocycles. The summed E-state index contributed by atoms with van der Waals surface area (Å²) in [6, 6.07) is 15.4. The summed E-state index contributed by atoms with van der Waals surface area (Å²) >= 11 is 0. The minimum absolute atomic E-state index is 0.0519. The van der Waals surface area contributed by atoms with Crippen LogP contribution in [0.1, 0.15) is 33.8 Å². The molecule has 0 unspecified atom stereocenters. The van der Waals surface area contributed by atoms with Gasteiger partial charge >= 0.3 is 6.18 Å². The highest BCUT2D eigenvalue weighted by Gasteiger charge is 2.36. The quantitative estimate of drug-likeness (QED) is 0.302. The number of hydrogen-bond acceptors (Lipinski definition) is 4. The third kappa shape index (κ3) is 4.00. The Morgan fingerprint density at radius 2 is 1.67 bits per heavy atom. The van der Waals surface area contributed by atoms with Crippen molar-refractivity contribution in [1.82, 2.24) is 19.3 Å². The maximum Gasteiger partial charge on any atom is 0.417 e. The Bertz CT molecular complexity index is 1660. The molecule has 5 rings (SSSR count). The van der Waals surface area contributed by atoms with Crippen LogP contribution in [0.5, 0.6) is 0 Å². The van der Waals surface area contributed by atoms with Gasteiger partial charge in [-0.3, -0.25) is 9.36 Å². The molecular formula is C27H23F3N4O2. The van der Waals surface area contributed by atoms with Gasteiger partial charge in [0.1, 0.15) is 17.1 Å². The monoisotopic (exact) mass is 492 g/mol. The number of aryl methyl sites for hydroxylation is 4. The van der Waals surface area contributed by atoms with E-state index in [0.717, 1.165) is 16.7 Å². The zero-order chi connectivity index (χ0) is 25.8. The molecule has 0 saturated heterocycles. The molecule has 2 aromatic carbocycles. The van der Waals surface area contributed by atoms with Crippen LogP contribution in [0, 0.1) is 27.7 Å². The van der Waals surface area contributed by atoms with Crippen LogP contribution in [0.25, 0.3) is 28.2 Å². The first-order valence-electron chi connectivity index (χ1n) is 11.3. The van der Waals surface area contributed by atoms with Crippen molar-refractivity contribution in [3.8, 4) is 17.1 Å². The second-order valence-corrected chi connectivity index (χ2v) is 8.85. The highest BCUT2D eigenvalue weighted by Crippen LogP contribution is 2.36. The first-order valence-corrected chi connectivity index (χ1v) is 11.3. The van der Waals surface area contributed by atoms with E-state index in [-0.39, 0.29) is 23.3 Å². The van der Waals surface area contributed by atoms with Gasteiger partial charge < -0.3 is 4.42 Å². The summed E-state index contributed by atoms with van der Waals surface area (Å²) in [5.74, 6) is 0.867. The Kier molecular flexibility index (Phi) is 5.58. The minimum Gasteiger partial charge on any atom is -0.441 e. The summed E-state index contributed by atoms with van der Waals surface area (Å²) in [6.45, 7) is 6.99. The molecule has 0 atom stereocenters. The van der Waals surface area contributed by atoms with Gasteiger partial charge in [-0.05, 0) is 51.5 Å². The summed E-state index contributed by atoms with van der Waals surface area (Å²) < 4.78 is 50.5. The standard InChI is InChI=1S/C27H23F3N4O2/c1-15-9-11-19(12-10-15)34-26-24(17(3)32-34)21(27(28,29)30)13-23(35)33(26)14-22-18(4)36-25(31-22)20-8-6-5-7-16(20)2/h5-13H,14H2,1-4H3. The van der Waals surface area contributed by atoms with Gasteiger partial charge in [-0.2, -0.15) is 18.3 Å². The van der Waals surface area contributed by atoms with Crippen LogP contribution in [0.15, 0.2) is 63.8 Å². The van der Waals surface area contributed by atoms with Crippen molar-refractivity contribution < 1.29 is 17.6 Å². The van der Waals surface area contributed by atoms with Crippen LogP contribution in [0.4, 0.5) is 13.2 Å². The van der Waals surface area contributed by atoms with Gasteiger partial charge in [-0.1, -0.05) is 35.9 Å². The zero-order valence-corrected chi connectivity index (χ0v) is 20.1. The van der Waals surface area contributed by atoms with Gasteiger partial charge in [0, 0.05) is 11.6 Å². The second-order valence-electron chi connectivity index (χ2n) is 8.85. The zero-order valence-electron chi connectivity index (χ0n) is 20.1. The lowest BCUT2D eigenvalue weighted by Crippen LogP contribution is -2.25. The number of pyridine rings is 1. The number of aromatic nitrogens is 4. The number of fused-ring (bicyclic) bond motifs is 1. The molecule has 36 heavy (non-hydrogen) atoms. The van der Waals surface area contributed by atoms with Crippen molar-refractivity contribution >= 4 is 11.0 Å². The molecule has 0 fully saturated rings. The molecule has 0 radical (unpaired) electrons. The van der Waals surface area contributed by atoms with Crippen molar-refractivity contribution in [2.45, 2.75) is 40.4 Å². The van der Waals surface area contributed by atoms with Crippen LogP contribution in [0.2, 0.25) is 0 Å². The molecular weight excluding hydrogens is 469 g/mol. The van der Waals surface area contributed by atoms with Gasteiger partial charge in [-0.15, -0.1) is 0 Å². The van der Waals surface area contributed by atoms with Crippen LogP contribution >= 0.6 is 0 Å². The topological polar surface area (TPSA) is 65.8 Å². The van der Waals surface area contributed by atoms with Crippen LogP contribution in [0.3, 0.4) is 0 Å². The molecule has 0 aliphatic rings. The van der Waals surface area contributed by atoms with Crippen molar-refractivity contribution in [2.24, 2.45) is 0 Å². The molecule has 6 nitrogen and oxygen atoms in total. The van der Waals surface area contributed by atoms with Crippen molar-refractivity contribution in [2.75, 3.05) is 0 Å². The molecule has 0 aliphatic carbocycles. The lowest BCUT2D eigenvalue weighted by molar-refractivity contribution is -0.136. The molecule has 5 aromatic rings. The molecule has 0 bridgehead atoms.